The van der Waals surface area contributed by atoms with Crippen LogP contribution in [0.15, 0.2) is 42.5 Å². The van der Waals surface area contributed by atoms with Crippen molar-refractivity contribution >= 4 is 17.6 Å². The first kappa shape index (κ1) is 15.6. The number of nitrogens with one attached hydrogen (secondary N) is 1. The lowest BCUT2D eigenvalue weighted by atomic mass is 9.94. The summed E-state index contributed by atoms with van der Waals surface area (Å²) in [6.07, 6.45) is 0. The van der Waals surface area contributed by atoms with Gasteiger partial charge in [-0.2, -0.15) is 5.06 Å². The van der Waals surface area contributed by atoms with Gasteiger partial charge in [-0.15, -0.1) is 0 Å². The highest BCUT2D eigenvalue weighted by atomic mass is 35.5. The summed E-state index contributed by atoms with van der Waals surface area (Å²) in [4.78, 5) is 12.2. The fourth-order valence-corrected chi connectivity index (χ4v) is 2.83. The molecule has 0 saturated heterocycles. The second kappa shape index (κ2) is 6.08. The predicted octanol–water partition coefficient (Wildman–Crippen LogP) is 3.41. The summed E-state index contributed by atoms with van der Waals surface area (Å²) in [6.45, 7) is 0. The number of rotatable bonds is 2. The monoisotopic (exact) mass is 333 g/mol. The van der Waals surface area contributed by atoms with Gasteiger partial charge in [-0.3, -0.25) is 10.6 Å². The SMILES string of the molecule is CN(C)NC(=O)N(O)C1c2ccccc2Oc2cccc(Cl)c21. The maximum Gasteiger partial charge on any atom is 0.356 e. The number of fused-ring (bicyclic) bond motifs is 2. The zero-order chi connectivity index (χ0) is 16.6. The van der Waals surface area contributed by atoms with Gasteiger partial charge in [0, 0.05) is 25.2 Å². The minimum absolute atomic E-state index is 0.415. The first-order valence-corrected chi connectivity index (χ1v) is 7.38. The molecule has 2 aromatic carbocycles. The molecule has 0 saturated carbocycles. The summed E-state index contributed by atoms with van der Waals surface area (Å²) in [5.74, 6) is 1.09. The topological polar surface area (TPSA) is 65.0 Å². The van der Waals surface area contributed by atoms with E-state index in [9.17, 15) is 10.0 Å². The second-order valence-corrected chi connectivity index (χ2v) is 5.76. The molecule has 0 fully saturated rings. The Bertz CT molecular complexity index is 751. The number of ether oxygens (including phenoxy) is 1. The van der Waals surface area contributed by atoms with Crippen LogP contribution in [0.1, 0.15) is 17.2 Å². The fourth-order valence-electron chi connectivity index (χ4n) is 2.56. The van der Waals surface area contributed by atoms with Gasteiger partial charge < -0.3 is 4.74 Å². The number of urea groups is 1. The van der Waals surface area contributed by atoms with Crippen molar-refractivity contribution in [2.45, 2.75) is 6.04 Å². The van der Waals surface area contributed by atoms with Crippen molar-refractivity contribution in [3.8, 4) is 11.5 Å². The van der Waals surface area contributed by atoms with Gasteiger partial charge in [-0.05, 0) is 18.2 Å². The van der Waals surface area contributed by atoms with Crippen molar-refractivity contribution in [3.05, 3.63) is 58.6 Å². The van der Waals surface area contributed by atoms with Crippen LogP contribution in [0.2, 0.25) is 5.02 Å². The molecule has 1 heterocycles. The van der Waals surface area contributed by atoms with Crippen LogP contribution in [-0.2, 0) is 0 Å². The predicted molar refractivity (Wildman–Crippen MR) is 85.7 cm³/mol. The van der Waals surface area contributed by atoms with E-state index in [-0.39, 0.29) is 0 Å². The summed E-state index contributed by atoms with van der Waals surface area (Å²) in [6, 6.07) is 11.0. The summed E-state index contributed by atoms with van der Waals surface area (Å²) >= 11 is 6.30. The number of hydroxylamine groups is 2. The highest BCUT2D eigenvalue weighted by Gasteiger charge is 2.35. The molecule has 1 atom stereocenters. The van der Waals surface area contributed by atoms with Gasteiger partial charge in [0.1, 0.15) is 17.5 Å². The van der Waals surface area contributed by atoms with Gasteiger partial charge in [0.05, 0.1) is 5.02 Å². The smallest absolute Gasteiger partial charge is 0.356 e. The number of amides is 2. The number of hydrogen-bond acceptors (Lipinski definition) is 4. The lowest BCUT2D eigenvalue weighted by Crippen LogP contribution is -2.46. The molecule has 6 nitrogen and oxygen atoms in total. The van der Waals surface area contributed by atoms with Crippen molar-refractivity contribution in [1.29, 1.82) is 0 Å². The molecule has 3 rings (SSSR count). The highest BCUT2D eigenvalue weighted by Crippen LogP contribution is 2.47. The van der Waals surface area contributed by atoms with Crippen LogP contribution >= 0.6 is 11.6 Å². The fraction of sp³-hybridized carbons (Fsp3) is 0.188. The molecular weight excluding hydrogens is 318 g/mol. The summed E-state index contributed by atoms with van der Waals surface area (Å²) in [5, 5.41) is 13.0. The number of nitrogens with zero attached hydrogens (tertiary/aromatic N) is 2. The van der Waals surface area contributed by atoms with E-state index in [4.69, 9.17) is 16.3 Å². The largest absolute Gasteiger partial charge is 0.457 e. The van der Waals surface area contributed by atoms with Crippen molar-refractivity contribution in [2.24, 2.45) is 0 Å². The molecule has 0 aromatic heterocycles. The minimum Gasteiger partial charge on any atom is -0.457 e. The molecular formula is C16H16ClN3O3. The third-order valence-corrected chi connectivity index (χ3v) is 3.82. The Kier molecular flexibility index (Phi) is 4.12. The number of hydrogen-bond donors (Lipinski definition) is 2. The third kappa shape index (κ3) is 2.84. The molecule has 0 aliphatic carbocycles. The average molecular weight is 334 g/mol. The van der Waals surface area contributed by atoms with E-state index in [1.165, 1.54) is 5.01 Å². The van der Waals surface area contributed by atoms with E-state index < -0.39 is 12.1 Å². The summed E-state index contributed by atoms with van der Waals surface area (Å²) in [7, 11) is 3.31. The Morgan fingerprint density at radius 2 is 1.87 bits per heavy atom. The Labute approximate surface area is 138 Å². The normalized spacial score (nSPS) is 15.4. The van der Waals surface area contributed by atoms with Gasteiger partial charge in [-0.1, -0.05) is 35.9 Å². The van der Waals surface area contributed by atoms with Crippen molar-refractivity contribution in [1.82, 2.24) is 15.5 Å². The maximum absolute atomic E-state index is 12.2. The molecule has 1 unspecified atom stereocenters. The number of benzene rings is 2. The van der Waals surface area contributed by atoms with Gasteiger partial charge >= 0.3 is 6.03 Å². The second-order valence-electron chi connectivity index (χ2n) is 5.35. The Balaban J connectivity index is 2.10. The van der Waals surface area contributed by atoms with E-state index in [1.54, 1.807) is 44.4 Å². The van der Waals surface area contributed by atoms with Crippen LogP contribution in [0, 0.1) is 0 Å². The quantitative estimate of drug-likeness (QED) is 0.653. The molecule has 1 aliphatic heterocycles. The summed E-state index contributed by atoms with van der Waals surface area (Å²) in [5.41, 5.74) is 3.71. The molecule has 2 N–H and O–H groups in total. The van der Waals surface area contributed by atoms with Crippen LogP contribution in [0.3, 0.4) is 0 Å². The van der Waals surface area contributed by atoms with Gasteiger partial charge in [0.2, 0.25) is 0 Å². The van der Waals surface area contributed by atoms with E-state index >= 15 is 0 Å². The molecule has 7 heteroatoms. The van der Waals surface area contributed by atoms with E-state index in [1.807, 2.05) is 12.1 Å². The third-order valence-electron chi connectivity index (χ3n) is 3.49. The van der Waals surface area contributed by atoms with Crippen LogP contribution in [0.5, 0.6) is 11.5 Å². The summed E-state index contributed by atoms with van der Waals surface area (Å²) < 4.78 is 5.84. The van der Waals surface area contributed by atoms with Gasteiger partial charge in [-0.25, -0.2) is 9.80 Å². The molecule has 1 aliphatic rings. The first-order chi connectivity index (χ1) is 11.0. The van der Waals surface area contributed by atoms with E-state index in [0.29, 0.717) is 32.7 Å². The van der Waals surface area contributed by atoms with Crippen LogP contribution < -0.4 is 10.2 Å². The maximum atomic E-state index is 12.2. The molecule has 120 valence electrons. The average Bonchev–Trinajstić information content (AvgIpc) is 2.51. The Morgan fingerprint density at radius 1 is 1.17 bits per heavy atom. The van der Waals surface area contributed by atoms with E-state index in [0.717, 1.165) is 0 Å². The zero-order valence-electron chi connectivity index (χ0n) is 12.7. The Hall–Kier alpha value is -2.28. The number of carbonyl (C=O) groups is 1. The van der Waals surface area contributed by atoms with Crippen molar-refractivity contribution < 1.29 is 14.7 Å². The van der Waals surface area contributed by atoms with Crippen LogP contribution in [-0.4, -0.2) is 35.4 Å². The lowest BCUT2D eigenvalue weighted by molar-refractivity contribution is -0.0746. The lowest BCUT2D eigenvalue weighted by Gasteiger charge is -2.33. The van der Waals surface area contributed by atoms with Crippen LogP contribution in [0.4, 0.5) is 4.79 Å². The number of para-hydroxylation sites is 1. The van der Waals surface area contributed by atoms with Crippen molar-refractivity contribution in [2.75, 3.05) is 14.1 Å². The molecule has 23 heavy (non-hydrogen) atoms. The Morgan fingerprint density at radius 3 is 2.61 bits per heavy atom. The first-order valence-electron chi connectivity index (χ1n) is 7.00. The van der Waals surface area contributed by atoms with E-state index in [2.05, 4.69) is 5.43 Å². The molecule has 0 radical (unpaired) electrons. The zero-order valence-corrected chi connectivity index (χ0v) is 13.4. The molecule has 0 bridgehead atoms. The van der Waals surface area contributed by atoms with Crippen molar-refractivity contribution in [3.63, 3.8) is 0 Å². The molecule has 2 aromatic rings. The minimum atomic E-state index is -0.761. The standard InChI is InChI=1S/C16H16ClN3O3/c1-19(2)18-16(21)20(22)15-10-6-3-4-8-12(10)23-13-9-5-7-11(17)14(13)15/h3-9,15,22H,1-2H3,(H,18,21). The number of hydrazine groups is 1. The molecule has 0 spiro atoms. The number of carbonyl (C=O) groups excluding carboxylic acids is 1. The highest BCUT2D eigenvalue weighted by molar-refractivity contribution is 6.31. The van der Waals surface area contributed by atoms with Crippen LogP contribution in [0.25, 0.3) is 0 Å². The van der Waals surface area contributed by atoms with Gasteiger partial charge in [0.15, 0.2) is 0 Å². The van der Waals surface area contributed by atoms with Gasteiger partial charge in [0.25, 0.3) is 0 Å². The number of halogens is 1. The molecule has 2 amide bonds.